The predicted octanol–water partition coefficient (Wildman–Crippen LogP) is 2.82. The number of carboxylic acid groups (broad SMARTS) is 1. The average molecular weight is 384 g/mol. The summed E-state index contributed by atoms with van der Waals surface area (Å²) < 4.78 is 13.1. The number of hydrogen-bond acceptors (Lipinski definition) is 3. The van der Waals surface area contributed by atoms with Crippen molar-refractivity contribution < 1.29 is 23.9 Å². The van der Waals surface area contributed by atoms with E-state index in [1.807, 2.05) is 0 Å². The van der Waals surface area contributed by atoms with Crippen LogP contribution in [0.1, 0.15) is 29.8 Å². The highest BCUT2D eigenvalue weighted by atomic mass is 19.1. The third-order valence-corrected chi connectivity index (χ3v) is 3.93. The molecule has 0 aromatic heterocycles. The second-order valence-corrected chi connectivity index (χ2v) is 6.46. The van der Waals surface area contributed by atoms with Gasteiger partial charge in [-0.2, -0.15) is 0 Å². The largest absolute Gasteiger partial charge is 0.480 e. The van der Waals surface area contributed by atoms with Crippen molar-refractivity contribution in [3.8, 4) is 0 Å². The van der Waals surface area contributed by atoms with Crippen molar-refractivity contribution in [2.75, 3.05) is 0 Å². The summed E-state index contributed by atoms with van der Waals surface area (Å²) in [5.41, 5.74) is 0.655. The van der Waals surface area contributed by atoms with Gasteiger partial charge in [0, 0.05) is 5.56 Å². The molecule has 2 rings (SSSR count). The summed E-state index contributed by atoms with van der Waals surface area (Å²) in [6.45, 7) is 3.32. The van der Waals surface area contributed by atoms with E-state index >= 15 is 0 Å². The van der Waals surface area contributed by atoms with Crippen molar-refractivity contribution in [2.24, 2.45) is 5.92 Å². The lowest BCUT2D eigenvalue weighted by molar-refractivity contribution is -0.142. The zero-order chi connectivity index (χ0) is 20.7. The average Bonchev–Trinajstić information content (AvgIpc) is 2.67. The van der Waals surface area contributed by atoms with Gasteiger partial charge in [-0.25, -0.2) is 9.18 Å². The molecule has 1 atom stereocenters. The molecular weight excluding hydrogens is 363 g/mol. The van der Waals surface area contributed by atoms with Crippen LogP contribution in [0.3, 0.4) is 0 Å². The quantitative estimate of drug-likeness (QED) is 0.640. The molecular formula is C21H21FN2O4. The minimum atomic E-state index is -1.18. The van der Waals surface area contributed by atoms with Crippen LogP contribution in [0.25, 0.3) is 6.08 Å². The van der Waals surface area contributed by atoms with E-state index in [-0.39, 0.29) is 11.6 Å². The monoisotopic (exact) mass is 384 g/mol. The molecule has 0 spiro atoms. The summed E-state index contributed by atoms with van der Waals surface area (Å²) in [5, 5.41) is 14.2. The second-order valence-electron chi connectivity index (χ2n) is 6.46. The van der Waals surface area contributed by atoms with E-state index < -0.39 is 29.6 Å². The van der Waals surface area contributed by atoms with Crippen molar-refractivity contribution in [1.82, 2.24) is 10.6 Å². The lowest BCUT2D eigenvalue weighted by atomic mass is 10.0. The van der Waals surface area contributed by atoms with Gasteiger partial charge in [-0.15, -0.1) is 0 Å². The molecule has 0 aliphatic heterocycles. The maximum atomic E-state index is 13.1. The molecule has 3 N–H and O–H groups in total. The van der Waals surface area contributed by atoms with Gasteiger partial charge in [0.05, 0.1) is 0 Å². The van der Waals surface area contributed by atoms with Gasteiger partial charge in [0.25, 0.3) is 11.8 Å². The lowest BCUT2D eigenvalue weighted by Crippen LogP contribution is -2.47. The molecule has 2 amide bonds. The maximum Gasteiger partial charge on any atom is 0.326 e. The van der Waals surface area contributed by atoms with E-state index in [4.69, 9.17) is 0 Å². The Hall–Kier alpha value is -3.48. The summed E-state index contributed by atoms with van der Waals surface area (Å²) >= 11 is 0. The van der Waals surface area contributed by atoms with E-state index in [9.17, 15) is 23.9 Å². The molecule has 0 saturated heterocycles. The van der Waals surface area contributed by atoms with Crippen LogP contribution >= 0.6 is 0 Å². The lowest BCUT2D eigenvalue weighted by Gasteiger charge is -2.19. The highest BCUT2D eigenvalue weighted by molar-refractivity contribution is 6.06. The second kappa shape index (κ2) is 9.45. The first-order chi connectivity index (χ1) is 13.3. The van der Waals surface area contributed by atoms with Crippen molar-refractivity contribution in [2.45, 2.75) is 19.9 Å². The highest BCUT2D eigenvalue weighted by Crippen LogP contribution is 2.10. The molecule has 2 aromatic rings. The molecule has 28 heavy (non-hydrogen) atoms. The van der Waals surface area contributed by atoms with Gasteiger partial charge < -0.3 is 15.7 Å². The first-order valence-electron chi connectivity index (χ1n) is 8.65. The van der Waals surface area contributed by atoms with Crippen molar-refractivity contribution >= 4 is 23.9 Å². The number of carbonyl (C=O) groups excluding carboxylic acids is 2. The Kier molecular flexibility index (Phi) is 7.03. The normalized spacial score (nSPS) is 12.4. The SMILES string of the molecule is CC(C)C(NC(=O)C(=Cc1ccc(F)cc1)NC(=O)c1ccccc1)C(=O)O. The first kappa shape index (κ1) is 20.8. The van der Waals surface area contributed by atoms with Crippen molar-refractivity contribution in [1.29, 1.82) is 0 Å². The maximum absolute atomic E-state index is 13.1. The van der Waals surface area contributed by atoms with Gasteiger partial charge in [0.15, 0.2) is 0 Å². The molecule has 0 heterocycles. The van der Waals surface area contributed by atoms with Crippen LogP contribution in [0.15, 0.2) is 60.3 Å². The molecule has 7 heteroatoms. The molecule has 0 saturated carbocycles. The Balaban J connectivity index is 2.32. The number of aliphatic carboxylic acids is 1. The van der Waals surface area contributed by atoms with E-state index in [1.165, 1.54) is 30.3 Å². The fourth-order valence-electron chi connectivity index (χ4n) is 2.40. The smallest absolute Gasteiger partial charge is 0.326 e. The number of hydrogen-bond donors (Lipinski definition) is 3. The molecule has 0 aliphatic rings. The number of nitrogens with one attached hydrogen (secondary N) is 2. The summed E-state index contributed by atoms with van der Waals surface area (Å²) in [7, 11) is 0. The highest BCUT2D eigenvalue weighted by Gasteiger charge is 2.25. The van der Waals surface area contributed by atoms with Crippen molar-refractivity contribution in [3.63, 3.8) is 0 Å². The molecule has 146 valence electrons. The third-order valence-electron chi connectivity index (χ3n) is 3.93. The minimum Gasteiger partial charge on any atom is -0.480 e. The zero-order valence-electron chi connectivity index (χ0n) is 15.5. The van der Waals surface area contributed by atoms with Gasteiger partial charge in [0.1, 0.15) is 17.6 Å². The molecule has 0 bridgehead atoms. The standard InChI is InChI=1S/C21H21FN2O4/c1-13(2)18(21(27)28)24-20(26)17(12-14-8-10-16(22)11-9-14)23-19(25)15-6-4-3-5-7-15/h3-13,18H,1-2H3,(H,23,25)(H,24,26)(H,27,28). The molecule has 0 radical (unpaired) electrons. The Morgan fingerprint density at radius 3 is 2.14 bits per heavy atom. The number of benzene rings is 2. The van der Waals surface area contributed by atoms with E-state index in [0.717, 1.165) is 0 Å². The van der Waals surface area contributed by atoms with Crippen molar-refractivity contribution in [3.05, 3.63) is 77.2 Å². The van der Waals surface area contributed by atoms with Crippen LogP contribution in [-0.2, 0) is 9.59 Å². The van der Waals surface area contributed by atoms with Crippen LogP contribution in [0.5, 0.6) is 0 Å². The summed E-state index contributed by atoms with van der Waals surface area (Å²) in [6, 6.07) is 12.5. The first-order valence-corrected chi connectivity index (χ1v) is 8.65. The summed E-state index contributed by atoms with van der Waals surface area (Å²) in [5.74, 6) is -3.27. The molecule has 0 aliphatic carbocycles. The Morgan fingerprint density at radius 2 is 1.61 bits per heavy atom. The topological polar surface area (TPSA) is 95.5 Å². The molecule has 1 unspecified atom stereocenters. The minimum absolute atomic E-state index is 0.146. The number of rotatable bonds is 7. The number of amides is 2. The zero-order valence-corrected chi connectivity index (χ0v) is 15.5. The van der Waals surface area contributed by atoms with Crippen LogP contribution in [-0.4, -0.2) is 28.9 Å². The van der Waals surface area contributed by atoms with Gasteiger partial charge >= 0.3 is 5.97 Å². The Labute approximate surface area is 162 Å². The van der Waals surface area contributed by atoms with Gasteiger partial charge in [-0.3, -0.25) is 9.59 Å². The van der Waals surface area contributed by atoms with Gasteiger partial charge in [0.2, 0.25) is 0 Å². The summed E-state index contributed by atoms with van der Waals surface area (Å²) in [6.07, 6.45) is 1.36. The molecule has 6 nitrogen and oxygen atoms in total. The fourth-order valence-corrected chi connectivity index (χ4v) is 2.40. The third kappa shape index (κ3) is 5.77. The predicted molar refractivity (Wildman–Crippen MR) is 103 cm³/mol. The van der Waals surface area contributed by atoms with Crippen LogP contribution in [0.4, 0.5) is 4.39 Å². The molecule has 2 aromatic carbocycles. The number of carbonyl (C=O) groups is 3. The molecule has 0 fully saturated rings. The van der Waals surface area contributed by atoms with E-state index in [2.05, 4.69) is 10.6 Å². The van der Waals surface area contributed by atoms with E-state index in [1.54, 1.807) is 44.2 Å². The summed E-state index contributed by atoms with van der Waals surface area (Å²) in [4.78, 5) is 36.5. The number of halogens is 1. The van der Waals surface area contributed by atoms with Crippen LogP contribution < -0.4 is 10.6 Å². The van der Waals surface area contributed by atoms with Gasteiger partial charge in [-0.1, -0.05) is 44.2 Å². The van der Waals surface area contributed by atoms with Crippen LogP contribution in [0, 0.1) is 11.7 Å². The Morgan fingerprint density at radius 1 is 1.00 bits per heavy atom. The number of carboxylic acids is 1. The Bertz CT molecular complexity index is 877. The fraction of sp³-hybridized carbons (Fsp3) is 0.190. The van der Waals surface area contributed by atoms with Gasteiger partial charge in [-0.05, 0) is 41.8 Å². The van der Waals surface area contributed by atoms with E-state index in [0.29, 0.717) is 11.1 Å². The van der Waals surface area contributed by atoms with Crippen LogP contribution in [0.2, 0.25) is 0 Å².